The molecule has 2 aromatic rings. The van der Waals surface area contributed by atoms with Crippen LogP contribution < -0.4 is 10.6 Å². The van der Waals surface area contributed by atoms with Crippen LogP contribution in [0.1, 0.15) is 37.5 Å². The molecular formula is C22H31FIN3O2S. The van der Waals surface area contributed by atoms with E-state index in [4.69, 9.17) is 0 Å². The molecule has 166 valence electrons. The average molecular weight is 547 g/mol. The summed E-state index contributed by atoms with van der Waals surface area (Å²) in [5.41, 5.74) is 1.85. The monoisotopic (exact) mass is 547 g/mol. The Kier molecular flexibility index (Phi) is 9.74. The number of nitrogens with one attached hydrogen (secondary N) is 2. The van der Waals surface area contributed by atoms with E-state index in [0.717, 1.165) is 5.56 Å². The SMILES string of the molecule is CCNC(=NCc1ccc(S(C)(=O)=O)c(C)c1)NCC(C)(C)c1ccccc1F.I. The maximum atomic E-state index is 14.2. The summed E-state index contributed by atoms with van der Waals surface area (Å²) in [5, 5.41) is 6.47. The van der Waals surface area contributed by atoms with Crippen LogP contribution in [0.3, 0.4) is 0 Å². The molecule has 0 aromatic heterocycles. The summed E-state index contributed by atoms with van der Waals surface area (Å²) in [7, 11) is -3.24. The Morgan fingerprint density at radius 2 is 1.80 bits per heavy atom. The van der Waals surface area contributed by atoms with Gasteiger partial charge in [0.1, 0.15) is 5.82 Å². The van der Waals surface area contributed by atoms with Gasteiger partial charge in [-0.05, 0) is 42.7 Å². The fraction of sp³-hybridized carbons (Fsp3) is 0.409. The Balaban J connectivity index is 0.00000450. The van der Waals surface area contributed by atoms with E-state index >= 15 is 0 Å². The van der Waals surface area contributed by atoms with Crippen molar-refractivity contribution in [3.05, 3.63) is 65.0 Å². The highest BCUT2D eigenvalue weighted by Crippen LogP contribution is 2.24. The molecule has 0 aliphatic heterocycles. The largest absolute Gasteiger partial charge is 0.357 e. The topological polar surface area (TPSA) is 70.6 Å². The van der Waals surface area contributed by atoms with Crippen molar-refractivity contribution in [2.45, 2.75) is 44.6 Å². The zero-order chi connectivity index (χ0) is 21.7. The highest BCUT2D eigenvalue weighted by molar-refractivity contribution is 14.0. The number of aliphatic imine (C=N–C) groups is 1. The second-order valence-corrected chi connectivity index (χ2v) is 9.77. The molecule has 0 spiro atoms. The summed E-state index contributed by atoms with van der Waals surface area (Å²) in [4.78, 5) is 4.92. The maximum absolute atomic E-state index is 14.2. The molecule has 0 saturated carbocycles. The first-order valence-electron chi connectivity index (χ1n) is 9.61. The van der Waals surface area contributed by atoms with Gasteiger partial charge in [0, 0.05) is 24.8 Å². The van der Waals surface area contributed by atoms with E-state index in [2.05, 4.69) is 15.6 Å². The zero-order valence-electron chi connectivity index (χ0n) is 18.1. The number of aryl methyl sites for hydroxylation is 1. The number of benzene rings is 2. The number of nitrogens with zero attached hydrogens (tertiary/aromatic N) is 1. The molecule has 0 aliphatic carbocycles. The van der Waals surface area contributed by atoms with E-state index < -0.39 is 15.3 Å². The van der Waals surface area contributed by atoms with Crippen LogP contribution >= 0.6 is 24.0 Å². The van der Waals surface area contributed by atoms with Gasteiger partial charge in [-0.25, -0.2) is 17.8 Å². The van der Waals surface area contributed by atoms with Gasteiger partial charge in [-0.1, -0.05) is 44.2 Å². The molecule has 2 aromatic carbocycles. The van der Waals surface area contributed by atoms with Crippen molar-refractivity contribution in [1.29, 1.82) is 0 Å². The van der Waals surface area contributed by atoms with Crippen molar-refractivity contribution >= 4 is 39.8 Å². The van der Waals surface area contributed by atoms with E-state index in [0.29, 0.717) is 41.6 Å². The van der Waals surface area contributed by atoms with Gasteiger partial charge in [-0.15, -0.1) is 24.0 Å². The van der Waals surface area contributed by atoms with Crippen LogP contribution in [-0.4, -0.2) is 33.7 Å². The van der Waals surface area contributed by atoms with Gasteiger partial charge in [-0.3, -0.25) is 0 Å². The summed E-state index contributed by atoms with van der Waals surface area (Å²) in [5.74, 6) is 0.407. The molecule has 30 heavy (non-hydrogen) atoms. The van der Waals surface area contributed by atoms with Crippen LogP contribution in [0.15, 0.2) is 52.4 Å². The fourth-order valence-electron chi connectivity index (χ4n) is 3.15. The van der Waals surface area contributed by atoms with Crippen LogP contribution in [0.25, 0.3) is 0 Å². The Labute approximate surface area is 196 Å². The van der Waals surface area contributed by atoms with Gasteiger partial charge in [0.15, 0.2) is 15.8 Å². The Hall–Kier alpha value is -1.68. The molecular weight excluding hydrogens is 516 g/mol. The smallest absolute Gasteiger partial charge is 0.191 e. The molecule has 2 N–H and O–H groups in total. The van der Waals surface area contributed by atoms with Gasteiger partial charge < -0.3 is 10.6 Å². The van der Waals surface area contributed by atoms with Crippen molar-refractivity contribution < 1.29 is 12.8 Å². The average Bonchev–Trinajstić information content (AvgIpc) is 2.63. The van der Waals surface area contributed by atoms with Crippen molar-refractivity contribution in [1.82, 2.24) is 10.6 Å². The van der Waals surface area contributed by atoms with E-state index in [-0.39, 0.29) is 29.8 Å². The highest BCUT2D eigenvalue weighted by Gasteiger charge is 2.24. The lowest BCUT2D eigenvalue weighted by molar-refractivity contribution is 0.473. The Morgan fingerprint density at radius 1 is 1.13 bits per heavy atom. The van der Waals surface area contributed by atoms with Gasteiger partial charge in [0.05, 0.1) is 11.4 Å². The molecule has 0 radical (unpaired) electrons. The molecule has 2 rings (SSSR count). The summed E-state index contributed by atoms with van der Waals surface area (Å²) in [6, 6.07) is 12.0. The minimum Gasteiger partial charge on any atom is -0.357 e. The minimum absolute atomic E-state index is 0. The number of guanidine groups is 1. The predicted molar refractivity (Wildman–Crippen MR) is 132 cm³/mol. The lowest BCUT2D eigenvalue weighted by atomic mass is 9.84. The third-order valence-electron chi connectivity index (χ3n) is 4.70. The van der Waals surface area contributed by atoms with Crippen molar-refractivity contribution in [2.24, 2.45) is 4.99 Å². The normalized spacial score (nSPS) is 12.3. The number of halogens is 2. The third kappa shape index (κ3) is 7.23. The van der Waals surface area contributed by atoms with Gasteiger partial charge in [0.25, 0.3) is 0 Å². The second kappa shape index (κ2) is 11.1. The van der Waals surface area contributed by atoms with E-state index in [1.807, 2.05) is 32.9 Å². The number of hydrogen-bond donors (Lipinski definition) is 2. The van der Waals surface area contributed by atoms with Crippen LogP contribution in [0.4, 0.5) is 4.39 Å². The molecule has 5 nitrogen and oxygen atoms in total. The molecule has 0 fully saturated rings. The Morgan fingerprint density at radius 3 is 2.37 bits per heavy atom. The van der Waals surface area contributed by atoms with E-state index in [1.165, 1.54) is 12.3 Å². The lowest BCUT2D eigenvalue weighted by Gasteiger charge is -2.27. The first-order chi connectivity index (χ1) is 13.5. The maximum Gasteiger partial charge on any atom is 0.191 e. The molecule has 0 bridgehead atoms. The predicted octanol–water partition coefficient (Wildman–Crippen LogP) is 4.19. The zero-order valence-corrected chi connectivity index (χ0v) is 21.3. The number of hydrogen-bond acceptors (Lipinski definition) is 3. The molecule has 0 aliphatic rings. The molecule has 0 unspecified atom stereocenters. The second-order valence-electron chi connectivity index (χ2n) is 7.78. The standard InChI is InChI=1S/C22H30FN3O2S.HI/c1-6-24-21(26-15-22(3,4)18-9-7-8-10-19(18)23)25-14-17-11-12-20(16(2)13-17)29(5,27)28;/h7-13H,6,14-15H2,1-5H3,(H2,24,25,26);1H. The summed E-state index contributed by atoms with van der Waals surface area (Å²) < 4.78 is 37.7. The van der Waals surface area contributed by atoms with Crippen molar-refractivity contribution in [3.63, 3.8) is 0 Å². The molecule has 8 heteroatoms. The van der Waals surface area contributed by atoms with Gasteiger partial charge >= 0.3 is 0 Å². The highest BCUT2D eigenvalue weighted by atomic mass is 127. The van der Waals surface area contributed by atoms with Crippen molar-refractivity contribution in [3.8, 4) is 0 Å². The van der Waals surface area contributed by atoms with Gasteiger partial charge in [0.2, 0.25) is 0 Å². The molecule has 0 amide bonds. The molecule has 0 saturated heterocycles. The quantitative estimate of drug-likeness (QED) is 0.310. The third-order valence-corrected chi connectivity index (χ3v) is 5.96. The fourth-order valence-corrected chi connectivity index (χ4v) is 4.11. The van der Waals surface area contributed by atoms with Crippen LogP contribution in [0, 0.1) is 12.7 Å². The molecule has 0 atom stereocenters. The molecule has 0 heterocycles. The summed E-state index contributed by atoms with van der Waals surface area (Å²) in [6.45, 7) is 9.32. The van der Waals surface area contributed by atoms with E-state index in [9.17, 15) is 12.8 Å². The Bertz CT molecular complexity index is 992. The van der Waals surface area contributed by atoms with Crippen LogP contribution in [0.2, 0.25) is 0 Å². The first kappa shape index (κ1) is 26.4. The van der Waals surface area contributed by atoms with Gasteiger partial charge in [-0.2, -0.15) is 0 Å². The lowest BCUT2D eigenvalue weighted by Crippen LogP contribution is -2.43. The minimum atomic E-state index is -3.24. The van der Waals surface area contributed by atoms with Crippen molar-refractivity contribution in [2.75, 3.05) is 19.3 Å². The first-order valence-corrected chi connectivity index (χ1v) is 11.5. The van der Waals surface area contributed by atoms with Crippen LogP contribution in [-0.2, 0) is 21.8 Å². The number of rotatable bonds is 7. The summed E-state index contributed by atoms with van der Waals surface area (Å²) >= 11 is 0. The van der Waals surface area contributed by atoms with E-state index in [1.54, 1.807) is 31.2 Å². The van der Waals surface area contributed by atoms with Crippen LogP contribution in [0.5, 0.6) is 0 Å². The summed E-state index contributed by atoms with van der Waals surface area (Å²) in [6.07, 6.45) is 1.21. The number of sulfone groups is 1.